The van der Waals surface area contributed by atoms with E-state index < -0.39 is 25.0 Å². The van der Waals surface area contributed by atoms with Crippen LogP contribution in [0.1, 0.15) is 88.5 Å². The van der Waals surface area contributed by atoms with Crippen molar-refractivity contribution in [3.8, 4) is 0 Å². The summed E-state index contributed by atoms with van der Waals surface area (Å²) in [5, 5.41) is -0.945. The van der Waals surface area contributed by atoms with E-state index in [1.165, 1.54) is 0 Å². The van der Waals surface area contributed by atoms with E-state index in [0.29, 0.717) is 38.8 Å². The summed E-state index contributed by atoms with van der Waals surface area (Å²) in [5.41, 5.74) is 4.14. The Morgan fingerprint density at radius 2 is 0.755 bits per heavy atom. The van der Waals surface area contributed by atoms with Gasteiger partial charge in [0.05, 0.1) is 25.5 Å². The fourth-order valence-electron chi connectivity index (χ4n) is 5.99. The molecule has 4 rings (SSSR count). The van der Waals surface area contributed by atoms with Gasteiger partial charge in [0, 0.05) is 23.5 Å². The Morgan fingerprint density at radius 1 is 0.449 bits per heavy atom. The summed E-state index contributed by atoms with van der Waals surface area (Å²) in [4.78, 5) is 0. The van der Waals surface area contributed by atoms with Crippen LogP contribution in [0.2, 0.25) is 0 Å². The molecular formula is C42H56O5P2. The highest BCUT2D eigenvalue weighted by Gasteiger charge is 2.42. The third kappa shape index (κ3) is 12.2. The second kappa shape index (κ2) is 19.0. The molecule has 2 unspecified atom stereocenters. The third-order valence-corrected chi connectivity index (χ3v) is 16.3. The molecule has 0 aliphatic heterocycles. The minimum absolute atomic E-state index is 0.342. The van der Waals surface area contributed by atoms with Gasteiger partial charge in [-0.15, -0.1) is 0 Å². The van der Waals surface area contributed by atoms with Gasteiger partial charge in [-0.3, -0.25) is 9.13 Å². The fourth-order valence-corrected chi connectivity index (χ4v) is 10.8. The molecule has 4 aromatic carbocycles. The van der Waals surface area contributed by atoms with E-state index in [1.807, 2.05) is 121 Å². The molecule has 0 fully saturated rings. The van der Waals surface area contributed by atoms with Gasteiger partial charge in [0.25, 0.3) is 0 Å². The molecule has 0 aliphatic rings. The van der Waals surface area contributed by atoms with Crippen LogP contribution < -0.4 is 0 Å². The standard InChI is InChI=1S/C42H56O5P2/c1-41(2,48(43,35-39-25-13-7-14-26-39)46-33-37-21-9-5-10-22-37)29-17-19-31-45-32-20-18-30-42(3,4)49(44,36-40-27-15-8-16-28-40)47-34-38-23-11-6-12-24-38/h5-16,21-28H,17-20,29-36H2,1-4H3. The molecule has 0 amide bonds. The van der Waals surface area contributed by atoms with Crippen LogP contribution in [0.5, 0.6) is 0 Å². The summed E-state index contributed by atoms with van der Waals surface area (Å²) in [6.07, 6.45) is 6.07. The molecule has 49 heavy (non-hydrogen) atoms. The van der Waals surface area contributed by atoms with Gasteiger partial charge in [-0.05, 0) is 47.9 Å². The first kappa shape index (κ1) is 39.0. The zero-order valence-corrected chi connectivity index (χ0v) is 31.8. The summed E-state index contributed by atoms with van der Waals surface area (Å²) in [6.45, 7) is 10.4. The van der Waals surface area contributed by atoms with Gasteiger partial charge < -0.3 is 13.8 Å². The maximum atomic E-state index is 14.5. The zero-order valence-electron chi connectivity index (χ0n) is 30.0. The molecule has 0 radical (unpaired) electrons. The topological polar surface area (TPSA) is 61.8 Å². The Labute approximate surface area is 295 Å². The van der Waals surface area contributed by atoms with E-state index >= 15 is 0 Å². The highest BCUT2D eigenvalue weighted by molar-refractivity contribution is 7.60. The molecule has 5 nitrogen and oxygen atoms in total. The van der Waals surface area contributed by atoms with Crippen molar-refractivity contribution in [3.05, 3.63) is 144 Å². The normalized spacial score (nSPS) is 14.6. The Kier molecular flexibility index (Phi) is 15.1. The first-order chi connectivity index (χ1) is 23.5. The average Bonchev–Trinajstić information content (AvgIpc) is 3.11. The number of ether oxygens (including phenoxy) is 1. The maximum absolute atomic E-state index is 14.5. The van der Waals surface area contributed by atoms with Crippen LogP contribution in [0.25, 0.3) is 0 Å². The molecule has 0 aromatic heterocycles. The Hall–Kier alpha value is -2.78. The van der Waals surface area contributed by atoms with Crippen molar-refractivity contribution in [3.63, 3.8) is 0 Å². The van der Waals surface area contributed by atoms with Crippen LogP contribution in [-0.2, 0) is 48.5 Å². The van der Waals surface area contributed by atoms with Gasteiger partial charge in [0.15, 0.2) is 0 Å². The quantitative estimate of drug-likeness (QED) is 0.0603. The molecule has 0 spiro atoms. The van der Waals surface area contributed by atoms with Crippen molar-refractivity contribution in [2.24, 2.45) is 0 Å². The maximum Gasteiger partial charge on any atom is 0.213 e. The lowest BCUT2D eigenvalue weighted by molar-refractivity contribution is 0.124. The molecule has 0 N–H and O–H groups in total. The number of benzene rings is 4. The SMILES string of the molecule is CC(C)(CCCCOCCCCC(C)(C)P(=O)(Cc1ccccc1)OCc1ccccc1)P(=O)(Cc1ccccc1)OCc1ccccc1. The minimum Gasteiger partial charge on any atom is -0.381 e. The molecule has 0 bridgehead atoms. The van der Waals surface area contributed by atoms with E-state index in [-0.39, 0.29) is 0 Å². The number of hydrogen-bond acceptors (Lipinski definition) is 5. The lowest BCUT2D eigenvalue weighted by Crippen LogP contribution is -2.23. The van der Waals surface area contributed by atoms with Crippen LogP contribution >= 0.6 is 14.7 Å². The molecule has 0 heterocycles. The Balaban J connectivity index is 1.22. The van der Waals surface area contributed by atoms with E-state index in [4.69, 9.17) is 13.8 Å². The Bertz CT molecular complexity index is 1470. The van der Waals surface area contributed by atoms with Crippen molar-refractivity contribution >= 4 is 14.7 Å². The van der Waals surface area contributed by atoms with Crippen LogP contribution in [0.3, 0.4) is 0 Å². The van der Waals surface area contributed by atoms with E-state index in [9.17, 15) is 9.13 Å². The van der Waals surface area contributed by atoms with Crippen molar-refractivity contribution < 1.29 is 22.9 Å². The highest BCUT2D eigenvalue weighted by atomic mass is 31.2. The summed E-state index contributed by atoms with van der Waals surface area (Å²) in [7, 11) is -6.06. The number of unbranched alkanes of at least 4 members (excludes halogenated alkanes) is 2. The van der Waals surface area contributed by atoms with Crippen molar-refractivity contribution in [2.45, 2.75) is 102 Å². The van der Waals surface area contributed by atoms with E-state index in [2.05, 4.69) is 27.7 Å². The van der Waals surface area contributed by atoms with E-state index in [1.54, 1.807) is 0 Å². The monoisotopic (exact) mass is 702 g/mol. The first-order valence-corrected chi connectivity index (χ1v) is 21.3. The van der Waals surface area contributed by atoms with Crippen LogP contribution in [-0.4, -0.2) is 23.5 Å². The molecule has 0 saturated heterocycles. The summed E-state index contributed by atoms with van der Waals surface area (Å²) < 4.78 is 47.7. The molecule has 2 atom stereocenters. The average molecular weight is 703 g/mol. The molecule has 0 saturated carbocycles. The van der Waals surface area contributed by atoms with Gasteiger partial charge in [0.2, 0.25) is 14.7 Å². The second-order valence-corrected chi connectivity index (χ2v) is 20.6. The van der Waals surface area contributed by atoms with Gasteiger partial charge in [-0.25, -0.2) is 0 Å². The van der Waals surface area contributed by atoms with Crippen molar-refractivity contribution in [1.29, 1.82) is 0 Å². The summed E-state index contributed by atoms with van der Waals surface area (Å²) >= 11 is 0. The fraction of sp³-hybridized carbons (Fsp3) is 0.429. The molecule has 264 valence electrons. The lowest BCUT2D eigenvalue weighted by Gasteiger charge is -2.35. The lowest BCUT2D eigenvalue weighted by atomic mass is 10.1. The van der Waals surface area contributed by atoms with Crippen LogP contribution in [0.4, 0.5) is 0 Å². The summed E-state index contributed by atoms with van der Waals surface area (Å²) in [5.74, 6) is 0. The Morgan fingerprint density at radius 3 is 1.08 bits per heavy atom. The highest BCUT2D eigenvalue weighted by Crippen LogP contribution is 2.64. The van der Waals surface area contributed by atoms with Crippen LogP contribution in [0.15, 0.2) is 121 Å². The van der Waals surface area contributed by atoms with E-state index in [0.717, 1.165) is 60.8 Å². The van der Waals surface area contributed by atoms with Gasteiger partial charge in [0.1, 0.15) is 0 Å². The molecule has 7 heteroatoms. The van der Waals surface area contributed by atoms with Crippen molar-refractivity contribution in [2.75, 3.05) is 13.2 Å². The van der Waals surface area contributed by atoms with Crippen molar-refractivity contribution in [1.82, 2.24) is 0 Å². The molecule has 4 aromatic rings. The predicted molar refractivity (Wildman–Crippen MR) is 205 cm³/mol. The molecule has 0 aliphatic carbocycles. The minimum atomic E-state index is -3.03. The second-order valence-electron chi connectivity index (χ2n) is 14.3. The molecular weight excluding hydrogens is 646 g/mol. The van der Waals surface area contributed by atoms with Gasteiger partial charge in [-0.2, -0.15) is 0 Å². The van der Waals surface area contributed by atoms with Gasteiger partial charge in [-0.1, -0.05) is 162 Å². The third-order valence-electron chi connectivity index (χ3n) is 9.53. The predicted octanol–water partition coefficient (Wildman–Crippen LogP) is 12.3. The van der Waals surface area contributed by atoms with Crippen LogP contribution in [0, 0.1) is 0 Å². The smallest absolute Gasteiger partial charge is 0.213 e. The first-order valence-electron chi connectivity index (χ1n) is 17.7. The summed E-state index contributed by atoms with van der Waals surface area (Å²) in [6, 6.07) is 40.0. The largest absolute Gasteiger partial charge is 0.381 e. The number of rotatable bonds is 22. The zero-order chi connectivity index (χ0) is 35.1. The van der Waals surface area contributed by atoms with Gasteiger partial charge >= 0.3 is 0 Å². The number of hydrogen-bond donors (Lipinski definition) is 0.